The summed E-state index contributed by atoms with van der Waals surface area (Å²) >= 11 is 18.4. The maximum absolute atomic E-state index is 11.3. The Morgan fingerprint density at radius 2 is 2.06 bits per heavy atom. The highest BCUT2D eigenvalue weighted by molar-refractivity contribution is 9.10. The molecule has 18 heavy (non-hydrogen) atoms. The first-order valence-electron chi connectivity index (χ1n) is 4.90. The molecule has 6 heteroatoms. The summed E-state index contributed by atoms with van der Waals surface area (Å²) in [4.78, 5) is 13.0. The number of benzene rings is 1. The fourth-order valence-electron chi connectivity index (χ4n) is 1.25. The van der Waals surface area contributed by atoms with E-state index >= 15 is 0 Å². The number of rotatable bonds is 3. The Labute approximate surface area is 132 Å². The minimum absolute atomic E-state index is 0.0646. The van der Waals surface area contributed by atoms with E-state index in [0.717, 1.165) is 18.5 Å². The van der Waals surface area contributed by atoms with Gasteiger partial charge in [0.25, 0.3) is 0 Å². The van der Waals surface area contributed by atoms with Crippen molar-refractivity contribution < 1.29 is 4.79 Å². The molecule has 0 fully saturated rings. The maximum atomic E-state index is 11.3. The van der Waals surface area contributed by atoms with Crippen molar-refractivity contribution in [1.29, 1.82) is 0 Å². The molecule has 0 aliphatic heterocycles. The summed E-state index contributed by atoms with van der Waals surface area (Å²) in [5.74, 6) is 0.0646. The average molecular weight is 382 g/mol. The van der Waals surface area contributed by atoms with Crippen LogP contribution in [0, 0.1) is 0 Å². The predicted octanol–water partition coefficient (Wildman–Crippen LogP) is 6.17. The summed E-state index contributed by atoms with van der Waals surface area (Å²) < 4.78 is 1.91. The number of Topliss-reactive ketones (excluding diaryl/α,β-unsaturated/α-hetero) is 1. The van der Waals surface area contributed by atoms with Gasteiger partial charge in [0.1, 0.15) is 0 Å². The average Bonchev–Trinajstić information content (AvgIpc) is 2.64. The van der Waals surface area contributed by atoms with Gasteiger partial charge in [0.05, 0.1) is 14.1 Å². The molecule has 0 N–H and O–H groups in total. The van der Waals surface area contributed by atoms with Crippen molar-refractivity contribution in [2.45, 2.75) is 16.0 Å². The number of hydrogen-bond donors (Lipinski definition) is 0. The van der Waals surface area contributed by atoms with Crippen LogP contribution >= 0.6 is 62.2 Å². The van der Waals surface area contributed by atoms with Crippen LogP contribution in [0.1, 0.15) is 16.6 Å². The standard InChI is InChI=1S/C12H7BrCl2OS2/c1-6(16)11-5-8(13)12(18-11)17-10-3-2-7(14)4-9(10)15/h2-5H,1H3. The third kappa shape index (κ3) is 3.31. The Bertz CT molecular complexity index is 610. The third-order valence-corrected chi connectivity index (χ3v) is 6.42. The van der Waals surface area contributed by atoms with Crippen LogP contribution in [0.2, 0.25) is 10.0 Å². The van der Waals surface area contributed by atoms with Crippen LogP contribution < -0.4 is 0 Å². The minimum atomic E-state index is 0.0646. The van der Waals surface area contributed by atoms with Crippen LogP contribution in [0.4, 0.5) is 0 Å². The van der Waals surface area contributed by atoms with E-state index in [0.29, 0.717) is 10.0 Å². The predicted molar refractivity (Wildman–Crippen MR) is 82.6 cm³/mol. The van der Waals surface area contributed by atoms with Gasteiger partial charge in [0, 0.05) is 14.4 Å². The lowest BCUT2D eigenvalue weighted by Crippen LogP contribution is -1.83. The third-order valence-electron chi connectivity index (χ3n) is 2.10. The topological polar surface area (TPSA) is 17.1 Å². The molecule has 0 saturated heterocycles. The van der Waals surface area contributed by atoms with E-state index in [1.54, 1.807) is 19.1 Å². The lowest BCUT2D eigenvalue weighted by molar-refractivity contribution is 0.102. The summed E-state index contributed by atoms with van der Waals surface area (Å²) in [6.45, 7) is 1.56. The Kier molecular flexibility index (Phi) is 4.78. The Morgan fingerprint density at radius 3 is 2.61 bits per heavy atom. The lowest BCUT2D eigenvalue weighted by Gasteiger charge is -2.02. The van der Waals surface area contributed by atoms with Gasteiger partial charge in [0.2, 0.25) is 0 Å². The number of carbonyl (C=O) groups is 1. The van der Waals surface area contributed by atoms with Gasteiger partial charge in [-0.2, -0.15) is 0 Å². The molecule has 0 spiro atoms. The van der Waals surface area contributed by atoms with Gasteiger partial charge in [-0.15, -0.1) is 11.3 Å². The van der Waals surface area contributed by atoms with Crippen LogP contribution in [0.15, 0.2) is 37.8 Å². The van der Waals surface area contributed by atoms with Crippen molar-refractivity contribution in [2.75, 3.05) is 0 Å². The highest BCUT2D eigenvalue weighted by Crippen LogP contribution is 2.42. The van der Waals surface area contributed by atoms with Gasteiger partial charge in [-0.25, -0.2) is 0 Å². The molecule has 1 aromatic carbocycles. The van der Waals surface area contributed by atoms with Crippen LogP contribution in [0.25, 0.3) is 0 Å². The highest BCUT2D eigenvalue weighted by Gasteiger charge is 2.13. The molecule has 0 unspecified atom stereocenters. The molecule has 0 amide bonds. The smallest absolute Gasteiger partial charge is 0.169 e. The summed E-state index contributed by atoms with van der Waals surface area (Å²) in [6, 6.07) is 7.20. The zero-order valence-corrected chi connectivity index (χ0v) is 13.9. The summed E-state index contributed by atoms with van der Waals surface area (Å²) in [7, 11) is 0. The number of hydrogen-bond acceptors (Lipinski definition) is 3. The Balaban J connectivity index is 2.31. The number of ketones is 1. The minimum Gasteiger partial charge on any atom is -0.294 e. The molecule has 1 nitrogen and oxygen atoms in total. The van der Waals surface area contributed by atoms with Crippen molar-refractivity contribution in [1.82, 2.24) is 0 Å². The Morgan fingerprint density at radius 1 is 1.33 bits per heavy atom. The number of halogens is 3. The van der Waals surface area contributed by atoms with Crippen molar-refractivity contribution >= 4 is 68.0 Å². The van der Waals surface area contributed by atoms with Crippen LogP contribution in [0.3, 0.4) is 0 Å². The second-order valence-electron chi connectivity index (χ2n) is 3.48. The van der Waals surface area contributed by atoms with E-state index in [1.165, 1.54) is 23.1 Å². The highest BCUT2D eigenvalue weighted by atomic mass is 79.9. The first-order valence-corrected chi connectivity index (χ1v) is 8.08. The summed E-state index contributed by atoms with van der Waals surface area (Å²) in [5, 5.41) is 1.22. The molecule has 0 aliphatic carbocycles. The van der Waals surface area contributed by atoms with Crippen LogP contribution in [-0.2, 0) is 0 Å². The fourth-order valence-corrected chi connectivity index (χ4v) is 4.67. The fraction of sp³-hybridized carbons (Fsp3) is 0.0833. The SMILES string of the molecule is CC(=O)c1cc(Br)c(Sc2ccc(Cl)cc2Cl)s1. The van der Waals surface area contributed by atoms with Crippen molar-refractivity contribution in [2.24, 2.45) is 0 Å². The second-order valence-corrected chi connectivity index (χ2v) is 7.54. The molecule has 0 saturated carbocycles. The second kappa shape index (κ2) is 5.97. The van der Waals surface area contributed by atoms with Gasteiger partial charge in [0.15, 0.2) is 5.78 Å². The van der Waals surface area contributed by atoms with Gasteiger partial charge in [-0.05, 0) is 47.1 Å². The van der Waals surface area contributed by atoms with Gasteiger partial charge in [-0.1, -0.05) is 35.0 Å². The first kappa shape index (κ1) is 14.4. The summed E-state index contributed by atoms with van der Waals surface area (Å²) in [5.41, 5.74) is 0. The Hall–Kier alpha value is -0.000000000000000250. The van der Waals surface area contributed by atoms with Crippen molar-refractivity contribution in [3.8, 4) is 0 Å². The molecule has 0 bridgehead atoms. The van der Waals surface area contributed by atoms with E-state index in [1.807, 2.05) is 12.1 Å². The lowest BCUT2D eigenvalue weighted by atomic mass is 10.4. The van der Waals surface area contributed by atoms with Crippen LogP contribution in [-0.4, -0.2) is 5.78 Å². The van der Waals surface area contributed by atoms with E-state index in [-0.39, 0.29) is 5.78 Å². The summed E-state index contributed by atoms with van der Waals surface area (Å²) in [6.07, 6.45) is 0. The molecule has 94 valence electrons. The monoisotopic (exact) mass is 380 g/mol. The van der Waals surface area contributed by atoms with Gasteiger partial charge >= 0.3 is 0 Å². The van der Waals surface area contributed by atoms with E-state index in [9.17, 15) is 4.79 Å². The largest absolute Gasteiger partial charge is 0.294 e. The van der Waals surface area contributed by atoms with Crippen molar-refractivity contribution in [3.63, 3.8) is 0 Å². The molecule has 1 aromatic heterocycles. The molecule has 0 aliphatic rings. The molecule has 0 atom stereocenters. The molecule has 2 rings (SSSR count). The zero-order chi connectivity index (χ0) is 13.3. The number of carbonyl (C=O) groups excluding carboxylic acids is 1. The molecule has 2 aromatic rings. The maximum Gasteiger partial charge on any atom is 0.169 e. The normalized spacial score (nSPS) is 10.7. The van der Waals surface area contributed by atoms with E-state index < -0.39 is 0 Å². The van der Waals surface area contributed by atoms with E-state index in [2.05, 4.69) is 15.9 Å². The van der Waals surface area contributed by atoms with E-state index in [4.69, 9.17) is 23.2 Å². The van der Waals surface area contributed by atoms with Gasteiger partial charge < -0.3 is 0 Å². The molecule has 1 heterocycles. The van der Waals surface area contributed by atoms with Crippen molar-refractivity contribution in [3.05, 3.63) is 43.7 Å². The quantitative estimate of drug-likeness (QED) is 0.591. The number of thiophene rings is 1. The van der Waals surface area contributed by atoms with Crippen LogP contribution in [0.5, 0.6) is 0 Å². The molecular formula is C12H7BrCl2OS2. The first-order chi connectivity index (χ1) is 8.47. The molecular weight excluding hydrogens is 375 g/mol. The zero-order valence-electron chi connectivity index (χ0n) is 9.17. The molecule has 0 radical (unpaired) electrons. The van der Waals surface area contributed by atoms with Gasteiger partial charge in [-0.3, -0.25) is 4.79 Å².